The van der Waals surface area contributed by atoms with E-state index < -0.39 is 0 Å². The van der Waals surface area contributed by atoms with Crippen LogP contribution in [0.3, 0.4) is 0 Å². The Morgan fingerprint density at radius 2 is 1.83 bits per heavy atom. The Labute approximate surface area is 107 Å². The Hall–Kier alpha value is -2.23. The maximum Gasteiger partial charge on any atom is 0.246 e. The number of hydrogen-bond acceptors (Lipinski definition) is 3. The number of ether oxygens (including phenoxy) is 2. The third-order valence-corrected chi connectivity index (χ3v) is 2.16. The Bertz CT molecular complexity index is 464. The number of nitrogens with zero attached hydrogens (tertiary/aromatic N) is 1. The molecule has 0 fully saturated rings. The first-order valence-corrected chi connectivity index (χ1v) is 5.43. The summed E-state index contributed by atoms with van der Waals surface area (Å²) in [5.41, 5.74) is 0. The van der Waals surface area contributed by atoms with E-state index in [0.717, 1.165) is 0 Å². The van der Waals surface area contributed by atoms with Crippen molar-refractivity contribution in [3.05, 3.63) is 48.8 Å². The van der Waals surface area contributed by atoms with Gasteiger partial charge < -0.3 is 14.4 Å². The van der Waals surface area contributed by atoms with E-state index in [-0.39, 0.29) is 5.91 Å². The lowest BCUT2D eigenvalue weighted by atomic mass is 10.3. The van der Waals surface area contributed by atoms with Crippen LogP contribution in [0.1, 0.15) is 0 Å². The molecule has 1 aromatic carbocycles. The molecule has 96 valence electrons. The third kappa shape index (κ3) is 3.97. The third-order valence-electron chi connectivity index (χ3n) is 2.16. The molecule has 1 aromatic rings. The van der Waals surface area contributed by atoms with Crippen LogP contribution in [-0.4, -0.2) is 32.0 Å². The molecular weight excluding hydrogens is 230 g/mol. The van der Waals surface area contributed by atoms with E-state index in [1.165, 1.54) is 17.1 Å². The van der Waals surface area contributed by atoms with Crippen LogP contribution in [0, 0.1) is 0 Å². The van der Waals surface area contributed by atoms with E-state index in [9.17, 15) is 4.79 Å². The van der Waals surface area contributed by atoms with Gasteiger partial charge in [0.1, 0.15) is 5.76 Å². The van der Waals surface area contributed by atoms with Crippen molar-refractivity contribution in [2.24, 2.45) is 0 Å². The van der Waals surface area contributed by atoms with Gasteiger partial charge in [0.05, 0.1) is 7.11 Å². The second-order valence-electron chi connectivity index (χ2n) is 3.79. The van der Waals surface area contributed by atoms with E-state index in [2.05, 4.69) is 6.58 Å². The molecule has 0 saturated heterocycles. The number of hydrogen-bond donors (Lipinski definition) is 0. The lowest BCUT2D eigenvalue weighted by Crippen LogP contribution is -2.18. The number of benzene rings is 1. The Morgan fingerprint density at radius 1 is 1.22 bits per heavy atom. The predicted molar refractivity (Wildman–Crippen MR) is 70.6 cm³/mol. The molecule has 4 heteroatoms. The zero-order valence-electron chi connectivity index (χ0n) is 10.8. The fourth-order valence-electron chi connectivity index (χ4n) is 1.19. The summed E-state index contributed by atoms with van der Waals surface area (Å²) < 4.78 is 10.6. The summed E-state index contributed by atoms with van der Waals surface area (Å²) in [5.74, 6) is 1.42. The van der Waals surface area contributed by atoms with Gasteiger partial charge in [0.25, 0.3) is 0 Å². The Morgan fingerprint density at radius 3 is 2.39 bits per heavy atom. The van der Waals surface area contributed by atoms with Gasteiger partial charge in [-0.1, -0.05) is 18.7 Å². The molecule has 0 radical (unpaired) electrons. The van der Waals surface area contributed by atoms with Crippen molar-refractivity contribution >= 4 is 5.91 Å². The lowest BCUT2D eigenvalue weighted by molar-refractivity contribution is -0.123. The largest absolute Gasteiger partial charge is 0.493 e. The van der Waals surface area contributed by atoms with Crippen LogP contribution in [0.15, 0.2) is 48.8 Å². The molecule has 0 unspecified atom stereocenters. The van der Waals surface area contributed by atoms with Gasteiger partial charge >= 0.3 is 0 Å². The lowest BCUT2D eigenvalue weighted by Gasteiger charge is -2.10. The minimum atomic E-state index is -0.125. The minimum Gasteiger partial charge on any atom is -0.493 e. The SMILES string of the molecule is C=C(/C=C/C(=O)N(C)C)Oc1ccccc1OC. The topological polar surface area (TPSA) is 38.8 Å². The number of para-hydroxylation sites is 2. The minimum absolute atomic E-state index is 0.125. The van der Waals surface area contributed by atoms with Gasteiger partial charge in [0.15, 0.2) is 11.5 Å². The molecule has 1 rings (SSSR count). The molecule has 0 bridgehead atoms. The molecule has 4 nitrogen and oxygen atoms in total. The molecule has 0 spiro atoms. The standard InChI is InChI=1S/C14H17NO3/c1-11(9-10-14(16)15(2)3)18-13-8-6-5-7-12(13)17-4/h5-10H,1H2,2-4H3/b10-9+. The van der Waals surface area contributed by atoms with Crippen molar-refractivity contribution in [2.45, 2.75) is 0 Å². The Balaban J connectivity index is 2.68. The van der Waals surface area contributed by atoms with E-state index >= 15 is 0 Å². The summed E-state index contributed by atoms with van der Waals surface area (Å²) in [6.45, 7) is 3.72. The maximum atomic E-state index is 11.3. The fourth-order valence-corrected chi connectivity index (χ4v) is 1.19. The molecule has 0 atom stereocenters. The number of methoxy groups -OCH3 is 1. The number of rotatable bonds is 5. The maximum absolute atomic E-state index is 11.3. The number of likely N-dealkylation sites (N-methyl/N-ethyl adjacent to an activating group) is 1. The molecule has 0 aliphatic carbocycles. The molecule has 1 amide bonds. The number of carbonyl (C=O) groups is 1. The highest BCUT2D eigenvalue weighted by Crippen LogP contribution is 2.27. The van der Waals surface area contributed by atoms with E-state index in [4.69, 9.17) is 9.47 Å². The van der Waals surface area contributed by atoms with Crippen molar-refractivity contribution in [3.63, 3.8) is 0 Å². The van der Waals surface area contributed by atoms with Crippen LogP contribution in [0.5, 0.6) is 11.5 Å². The first kappa shape index (κ1) is 13.8. The highest BCUT2D eigenvalue weighted by molar-refractivity contribution is 5.87. The highest BCUT2D eigenvalue weighted by Gasteiger charge is 2.04. The van der Waals surface area contributed by atoms with Gasteiger partial charge in [-0.25, -0.2) is 0 Å². The molecular formula is C14H17NO3. The van der Waals surface area contributed by atoms with Crippen LogP contribution >= 0.6 is 0 Å². The van der Waals surface area contributed by atoms with E-state index in [0.29, 0.717) is 17.3 Å². The average Bonchev–Trinajstić information content (AvgIpc) is 2.36. The molecule has 0 aliphatic rings. The van der Waals surface area contributed by atoms with Crippen LogP contribution in [-0.2, 0) is 4.79 Å². The first-order chi connectivity index (χ1) is 8.54. The summed E-state index contributed by atoms with van der Waals surface area (Å²) in [6.07, 6.45) is 2.92. The van der Waals surface area contributed by atoms with Crippen molar-refractivity contribution in [2.75, 3.05) is 21.2 Å². The second kappa shape index (κ2) is 6.49. The number of allylic oxidation sites excluding steroid dienone is 1. The monoisotopic (exact) mass is 247 g/mol. The molecule has 18 heavy (non-hydrogen) atoms. The average molecular weight is 247 g/mol. The summed E-state index contributed by atoms with van der Waals surface area (Å²) in [5, 5.41) is 0. The molecule has 0 aromatic heterocycles. The first-order valence-electron chi connectivity index (χ1n) is 5.43. The van der Waals surface area contributed by atoms with Gasteiger partial charge in [-0.05, 0) is 18.2 Å². The van der Waals surface area contributed by atoms with E-state index in [1.54, 1.807) is 33.3 Å². The quantitative estimate of drug-likeness (QED) is 0.455. The predicted octanol–water partition coefficient (Wildman–Crippen LogP) is 2.23. The molecule has 0 saturated carbocycles. The normalized spacial score (nSPS) is 10.2. The van der Waals surface area contributed by atoms with Gasteiger partial charge in [-0.15, -0.1) is 0 Å². The van der Waals surface area contributed by atoms with Gasteiger partial charge in [0, 0.05) is 20.2 Å². The zero-order valence-corrected chi connectivity index (χ0v) is 10.8. The van der Waals surface area contributed by atoms with Gasteiger partial charge in [-0.2, -0.15) is 0 Å². The fraction of sp³-hybridized carbons (Fsp3) is 0.214. The van der Waals surface area contributed by atoms with E-state index in [1.807, 2.05) is 12.1 Å². The van der Waals surface area contributed by atoms with Crippen LogP contribution in [0.25, 0.3) is 0 Å². The number of amides is 1. The zero-order chi connectivity index (χ0) is 13.5. The molecule has 0 aliphatic heterocycles. The second-order valence-corrected chi connectivity index (χ2v) is 3.79. The summed E-state index contributed by atoms with van der Waals surface area (Å²) in [7, 11) is 4.92. The smallest absolute Gasteiger partial charge is 0.246 e. The summed E-state index contributed by atoms with van der Waals surface area (Å²) in [6, 6.07) is 7.24. The molecule has 0 N–H and O–H groups in total. The van der Waals surface area contributed by atoms with Gasteiger partial charge in [0.2, 0.25) is 5.91 Å². The summed E-state index contributed by atoms with van der Waals surface area (Å²) >= 11 is 0. The van der Waals surface area contributed by atoms with Crippen molar-refractivity contribution in [1.82, 2.24) is 4.90 Å². The van der Waals surface area contributed by atoms with Gasteiger partial charge in [-0.3, -0.25) is 4.79 Å². The van der Waals surface area contributed by atoms with Crippen molar-refractivity contribution in [3.8, 4) is 11.5 Å². The van der Waals surface area contributed by atoms with Crippen LogP contribution in [0.2, 0.25) is 0 Å². The van der Waals surface area contributed by atoms with Crippen LogP contribution in [0.4, 0.5) is 0 Å². The summed E-state index contributed by atoms with van der Waals surface area (Å²) in [4.78, 5) is 12.8. The number of carbonyl (C=O) groups excluding carboxylic acids is 1. The Kier molecular flexibility index (Phi) is 4.99. The van der Waals surface area contributed by atoms with Crippen LogP contribution < -0.4 is 9.47 Å². The van der Waals surface area contributed by atoms with Crippen molar-refractivity contribution < 1.29 is 14.3 Å². The van der Waals surface area contributed by atoms with Crippen molar-refractivity contribution in [1.29, 1.82) is 0 Å². The highest BCUT2D eigenvalue weighted by atomic mass is 16.5. The molecule has 0 heterocycles.